The van der Waals surface area contributed by atoms with E-state index in [9.17, 15) is 18.7 Å². The summed E-state index contributed by atoms with van der Waals surface area (Å²) in [6, 6.07) is 14.5. The molecule has 1 aliphatic carbocycles. The molecule has 10 nitrogen and oxygen atoms in total. The van der Waals surface area contributed by atoms with Gasteiger partial charge in [-0.1, -0.05) is 18.2 Å². The van der Waals surface area contributed by atoms with E-state index in [1.807, 2.05) is 7.05 Å². The van der Waals surface area contributed by atoms with E-state index in [2.05, 4.69) is 59.9 Å². The average Bonchev–Trinajstić information content (AvgIpc) is 3.80. The molecule has 3 aliphatic rings. The van der Waals surface area contributed by atoms with Crippen LogP contribution in [0.2, 0.25) is 0 Å². The number of rotatable bonds is 9. The van der Waals surface area contributed by atoms with Crippen molar-refractivity contribution in [3.05, 3.63) is 77.2 Å². The van der Waals surface area contributed by atoms with Crippen molar-refractivity contribution in [3.8, 4) is 5.88 Å². The molecule has 12 heteroatoms. The van der Waals surface area contributed by atoms with E-state index in [1.165, 1.54) is 18.3 Å². The summed E-state index contributed by atoms with van der Waals surface area (Å²) in [4.78, 5) is 21.3. The Labute approximate surface area is 243 Å². The molecule has 222 valence electrons. The number of aromatic nitrogens is 3. The first-order valence-corrected chi connectivity index (χ1v) is 14.2. The number of ether oxygens (including phenoxy) is 1. The fourth-order valence-electron chi connectivity index (χ4n) is 5.87. The summed E-state index contributed by atoms with van der Waals surface area (Å²) in [5.74, 6) is 0.207. The Morgan fingerprint density at radius 2 is 1.81 bits per heavy atom. The molecule has 1 spiro atoms. The normalized spacial score (nSPS) is 21.1. The molecule has 2 saturated heterocycles. The molecule has 1 aromatic carbocycles. The third-order valence-corrected chi connectivity index (χ3v) is 8.95. The number of nitrogens with zero attached hydrogens (tertiary/aromatic N) is 5. The summed E-state index contributed by atoms with van der Waals surface area (Å²) in [6.45, 7) is 3.20. The van der Waals surface area contributed by atoms with Crippen LogP contribution in [0.25, 0.3) is 0 Å². The highest BCUT2D eigenvalue weighted by atomic mass is 19.3. The van der Waals surface area contributed by atoms with Crippen LogP contribution in [0, 0.1) is 0 Å². The van der Waals surface area contributed by atoms with E-state index < -0.39 is 18.2 Å². The summed E-state index contributed by atoms with van der Waals surface area (Å²) in [7, 11) is 1.98. The third-order valence-electron chi connectivity index (χ3n) is 8.95. The molecule has 3 aromatic rings. The third kappa shape index (κ3) is 5.66. The molecule has 1 saturated carbocycles. The van der Waals surface area contributed by atoms with Crippen LogP contribution in [-0.4, -0.2) is 69.7 Å². The molecule has 0 bridgehead atoms. The largest absolute Gasteiger partial charge is 0.472 e. The number of likely N-dealkylation sites (N-methyl/N-ethyl adjacent to an activating group) is 1. The van der Waals surface area contributed by atoms with Crippen molar-refractivity contribution < 1.29 is 23.4 Å². The number of hydrogen-bond acceptors (Lipinski definition) is 9. The maximum absolute atomic E-state index is 13.2. The van der Waals surface area contributed by atoms with Crippen LogP contribution in [0.1, 0.15) is 54.6 Å². The van der Waals surface area contributed by atoms with Crippen LogP contribution in [0.15, 0.2) is 54.7 Å². The number of hydrogen-bond donors (Lipinski definition) is 3. The molecule has 1 amide bonds. The lowest BCUT2D eigenvalue weighted by atomic mass is 9.87. The zero-order valence-electron chi connectivity index (χ0n) is 23.5. The summed E-state index contributed by atoms with van der Waals surface area (Å²) >= 11 is 0. The summed E-state index contributed by atoms with van der Waals surface area (Å²) in [5.41, 5.74) is 2.47. The topological polar surface area (TPSA) is 116 Å². The monoisotopic (exact) mass is 579 g/mol. The van der Waals surface area contributed by atoms with E-state index >= 15 is 0 Å². The van der Waals surface area contributed by atoms with Crippen LogP contribution in [0.4, 0.5) is 14.5 Å². The Bertz CT molecular complexity index is 1380. The van der Waals surface area contributed by atoms with Crippen molar-refractivity contribution in [2.24, 2.45) is 0 Å². The molecular weight excluding hydrogens is 544 g/mol. The van der Waals surface area contributed by atoms with Crippen molar-refractivity contribution >= 4 is 11.6 Å². The number of pyridine rings is 1. The predicted molar refractivity (Wildman–Crippen MR) is 151 cm³/mol. The van der Waals surface area contributed by atoms with E-state index in [0.29, 0.717) is 30.6 Å². The Kier molecular flexibility index (Phi) is 7.77. The number of amides is 1. The van der Waals surface area contributed by atoms with Gasteiger partial charge in [0.1, 0.15) is 12.3 Å². The van der Waals surface area contributed by atoms with Gasteiger partial charge in [0.2, 0.25) is 11.8 Å². The number of aliphatic hydroxyl groups excluding tert-OH is 1. The molecule has 3 N–H and O–H groups in total. The second-order valence-corrected chi connectivity index (χ2v) is 11.4. The van der Waals surface area contributed by atoms with Gasteiger partial charge in [0.05, 0.1) is 11.1 Å². The number of aliphatic hydroxyl groups is 1. The molecule has 1 atom stereocenters. The summed E-state index contributed by atoms with van der Waals surface area (Å²) < 4.78 is 30.9. The van der Waals surface area contributed by atoms with E-state index in [1.54, 1.807) is 12.1 Å². The van der Waals surface area contributed by atoms with E-state index in [-0.39, 0.29) is 29.6 Å². The number of carbonyl (C=O) groups is 1. The van der Waals surface area contributed by atoms with Crippen molar-refractivity contribution in [1.82, 2.24) is 30.7 Å². The van der Waals surface area contributed by atoms with E-state index in [4.69, 9.17) is 4.74 Å². The van der Waals surface area contributed by atoms with Crippen LogP contribution in [0.3, 0.4) is 0 Å². The molecule has 0 radical (unpaired) electrons. The van der Waals surface area contributed by atoms with Crippen LogP contribution in [0.5, 0.6) is 5.88 Å². The number of anilines is 1. The van der Waals surface area contributed by atoms with Crippen molar-refractivity contribution in [2.75, 3.05) is 31.6 Å². The first-order valence-electron chi connectivity index (χ1n) is 14.2. The van der Waals surface area contributed by atoms with Gasteiger partial charge in [0.25, 0.3) is 6.43 Å². The van der Waals surface area contributed by atoms with Crippen molar-refractivity contribution in [2.45, 2.75) is 62.6 Å². The molecule has 2 aliphatic heterocycles. The number of benzene rings is 1. The minimum absolute atomic E-state index is 0.0153. The smallest absolute Gasteiger partial charge is 0.280 e. The van der Waals surface area contributed by atoms with Gasteiger partial charge in [-0.25, -0.2) is 8.78 Å². The SMILES string of the molecule is CN1C(O)NCC12CCN(c1ccc(CNC(=O)C3(c4ccc(OCc5ccc(C(F)F)nc5)nn4)CC3)cc1)CC2. The van der Waals surface area contributed by atoms with Gasteiger partial charge in [-0.2, -0.15) is 5.10 Å². The zero-order valence-corrected chi connectivity index (χ0v) is 23.5. The van der Waals surface area contributed by atoms with E-state index in [0.717, 1.165) is 43.7 Å². The number of carbonyl (C=O) groups excluding carboxylic acids is 1. The van der Waals surface area contributed by atoms with Crippen molar-refractivity contribution in [3.63, 3.8) is 0 Å². The van der Waals surface area contributed by atoms with Crippen LogP contribution >= 0.6 is 0 Å². The summed E-state index contributed by atoms with van der Waals surface area (Å²) in [5, 5.41) is 24.7. The summed E-state index contributed by atoms with van der Waals surface area (Å²) in [6.07, 6.45) is 1.54. The van der Waals surface area contributed by atoms with Gasteiger partial charge in [-0.05, 0) is 62.6 Å². The van der Waals surface area contributed by atoms with Gasteiger partial charge in [0.15, 0.2) is 6.35 Å². The van der Waals surface area contributed by atoms with Crippen LogP contribution in [-0.2, 0) is 23.4 Å². The van der Waals surface area contributed by atoms with Crippen LogP contribution < -0.4 is 20.3 Å². The molecule has 2 aromatic heterocycles. The molecule has 6 rings (SSSR count). The first-order chi connectivity index (χ1) is 20.3. The molecular formula is C30H35F2N7O3. The number of nitrogens with one attached hydrogen (secondary N) is 2. The number of halogens is 2. The minimum Gasteiger partial charge on any atom is -0.472 e. The van der Waals surface area contributed by atoms with Gasteiger partial charge in [-0.3, -0.25) is 20.0 Å². The lowest BCUT2D eigenvalue weighted by Gasteiger charge is -2.44. The zero-order chi connectivity index (χ0) is 29.3. The molecule has 4 heterocycles. The fraction of sp³-hybridized carbons (Fsp3) is 0.467. The van der Waals surface area contributed by atoms with Gasteiger partial charge >= 0.3 is 0 Å². The Hall–Kier alpha value is -3.74. The van der Waals surface area contributed by atoms with Gasteiger partial charge < -0.3 is 20.1 Å². The Morgan fingerprint density at radius 3 is 2.38 bits per heavy atom. The highest BCUT2D eigenvalue weighted by Gasteiger charge is 2.53. The predicted octanol–water partition coefficient (Wildman–Crippen LogP) is 2.89. The lowest BCUT2D eigenvalue weighted by Crippen LogP contribution is -2.53. The highest BCUT2D eigenvalue weighted by Crippen LogP contribution is 2.47. The quantitative estimate of drug-likeness (QED) is 0.352. The maximum Gasteiger partial charge on any atom is 0.280 e. The Balaban J connectivity index is 0.985. The number of alkyl halides is 2. The minimum atomic E-state index is -2.61. The van der Waals surface area contributed by atoms with Crippen molar-refractivity contribution in [1.29, 1.82) is 0 Å². The second-order valence-electron chi connectivity index (χ2n) is 11.4. The number of piperidine rings is 1. The molecule has 42 heavy (non-hydrogen) atoms. The maximum atomic E-state index is 13.2. The first kappa shape index (κ1) is 28.4. The standard InChI is InChI=1S/C30H35F2N7O3/c1-38-28(41)35-19-29(38)12-14-39(15-13-29)22-5-2-20(3-6-22)16-34-27(40)30(10-11-30)24-8-9-25(37-36-24)42-18-21-4-7-23(26(31)32)33-17-21/h2-9,17,26,28,35,41H,10-16,18-19H2,1H3,(H,34,40). The lowest BCUT2D eigenvalue weighted by molar-refractivity contribution is -0.123. The second kappa shape index (κ2) is 11.5. The fourth-order valence-corrected chi connectivity index (χ4v) is 5.87. The highest BCUT2D eigenvalue weighted by molar-refractivity contribution is 5.90. The van der Waals surface area contributed by atoms with Gasteiger partial charge in [-0.15, -0.1) is 5.10 Å². The van der Waals surface area contributed by atoms with Gasteiger partial charge in [0, 0.05) is 55.2 Å². The average molecular weight is 580 g/mol. The molecule has 1 unspecified atom stereocenters. The Morgan fingerprint density at radius 1 is 1.07 bits per heavy atom. The molecule has 3 fully saturated rings.